The lowest BCUT2D eigenvalue weighted by Crippen LogP contribution is -2.29. The molecule has 11 heteroatoms. The van der Waals surface area contributed by atoms with Gasteiger partial charge in [0.15, 0.2) is 5.65 Å². The molecule has 1 aromatic carbocycles. The number of anilines is 1. The predicted molar refractivity (Wildman–Crippen MR) is 97.9 cm³/mol. The second-order valence-electron chi connectivity index (χ2n) is 6.88. The van der Waals surface area contributed by atoms with E-state index in [0.717, 1.165) is 18.2 Å². The van der Waals surface area contributed by atoms with Crippen molar-refractivity contribution in [1.82, 2.24) is 25.5 Å². The highest BCUT2D eigenvalue weighted by Gasteiger charge is 2.33. The molecular weight excluding hydrogens is 386 g/mol. The highest BCUT2D eigenvalue weighted by Crippen LogP contribution is 2.27. The monoisotopic (exact) mass is 404 g/mol. The maximum atomic E-state index is 13.8. The van der Waals surface area contributed by atoms with Gasteiger partial charge in [-0.1, -0.05) is 0 Å². The SMILES string of the molecule is O=C(NCc1cc(F)ccc1F)c1[nH]nc2ncnc(N[C@@H]3C[C@@H](O)C[C@H]3O)c12. The molecule has 0 bridgehead atoms. The minimum Gasteiger partial charge on any atom is -0.393 e. The lowest BCUT2D eigenvalue weighted by molar-refractivity contribution is 0.0947. The highest BCUT2D eigenvalue weighted by atomic mass is 19.1. The first-order valence-electron chi connectivity index (χ1n) is 8.96. The van der Waals surface area contributed by atoms with Gasteiger partial charge in [-0.3, -0.25) is 9.89 Å². The van der Waals surface area contributed by atoms with E-state index in [1.165, 1.54) is 6.33 Å². The summed E-state index contributed by atoms with van der Waals surface area (Å²) in [6.07, 6.45) is 0.421. The van der Waals surface area contributed by atoms with Gasteiger partial charge in [0.1, 0.15) is 29.5 Å². The van der Waals surface area contributed by atoms with E-state index < -0.39 is 35.8 Å². The molecule has 2 heterocycles. The number of amides is 1. The average Bonchev–Trinajstić information content (AvgIpc) is 3.26. The van der Waals surface area contributed by atoms with Crippen LogP contribution in [0.15, 0.2) is 24.5 Å². The largest absolute Gasteiger partial charge is 0.393 e. The molecule has 4 rings (SSSR count). The predicted octanol–water partition coefficient (Wildman–Crippen LogP) is 0.857. The third-order valence-corrected chi connectivity index (χ3v) is 4.85. The van der Waals surface area contributed by atoms with E-state index >= 15 is 0 Å². The maximum absolute atomic E-state index is 13.8. The zero-order valence-electron chi connectivity index (χ0n) is 15.1. The summed E-state index contributed by atoms with van der Waals surface area (Å²) in [5.41, 5.74) is 0.255. The van der Waals surface area contributed by atoms with Crippen molar-refractivity contribution in [2.75, 3.05) is 5.32 Å². The molecule has 0 saturated heterocycles. The van der Waals surface area contributed by atoms with Crippen LogP contribution in [0.1, 0.15) is 28.9 Å². The molecular formula is C18H18F2N6O3. The van der Waals surface area contributed by atoms with Crippen molar-refractivity contribution in [1.29, 1.82) is 0 Å². The Morgan fingerprint density at radius 3 is 2.83 bits per heavy atom. The van der Waals surface area contributed by atoms with Gasteiger partial charge < -0.3 is 20.8 Å². The molecule has 1 aliphatic rings. The second-order valence-corrected chi connectivity index (χ2v) is 6.88. The van der Waals surface area contributed by atoms with Crippen LogP contribution in [-0.2, 0) is 6.54 Å². The Bertz CT molecular complexity index is 1060. The van der Waals surface area contributed by atoms with Crippen LogP contribution in [0.4, 0.5) is 14.6 Å². The molecule has 2 aromatic heterocycles. The van der Waals surface area contributed by atoms with E-state index in [-0.39, 0.29) is 35.7 Å². The van der Waals surface area contributed by atoms with Crippen molar-refractivity contribution in [2.24, 2.45) is 0 Å². The number of carbonyl (C=O) groups excluding carboxylic acids is 1. The topological polar surface area (TPSA) is 136 Å². The molecule has 1 fully saturated rings. The fraction of sp³-hybridized carbons (Fsp3) is 0.333. The number of hydrogen-bond acceptors (Lipinski definition) is 7. The van der Waals surface area contributed by atoms with Crippen molar-refractivity contribution in [2.45, 2.75) is 37.6 Å². The Hall–Kier alpha value is -3.18. The van der Waals surface area contributed by atoms with Crippen molar-refractivity contribution in [3.05, 3.63) is 47.4 Å². The fourth-order valence-corrected chi connectivity index (χ4v) is 3.39. The van der Waals surface area contributed by atoms with Crippen LogP contribution in [0.25, 0.3) is 11.0 Å². The molecule has 0 radical (unpaired) electrons. The zero-order chi connectivity index (χ0) is 20.5. The number of halogens is 2. The number of nitrogens with one attached hydrogen (secondary N) is 3. The van der Waals surface area contributed by atoms with Gasteiger partial charge in [-0.2, -0.15) is 5.10 Å². The first-order chi connectivity index (χ1) is 13.9. The van der Waals surface area contributed by atoms with E-state index in [2.05, 4.69) is 30.8 Å². The third-order valence-electron chi connectivity index (χ3n) is 4.85. The van der Waals surface area contributed by atoms with Gasteiger partial charge in [0.05, 0.1) is 23.6 Å². The number of aliphatic hydroxyl groups excluding tert-OH is 2. The van der Waals surface area contributed by atoms with Gasteiger partial charge >= 0.3 is 0 Å². The number of hydrogen-bond donors (Lipinski definition) is 5. The fourth-order valence-electron chi connectivity index (χ4n) is 3.39. The number of aromatic nitrogens is 4. The smallest absolute Gasteiger partial charge is 0.270 e. The minimum atomic E-state index is -0.768. The number of aliphatic hydroxyl groups is 2. The lowest BCUT2D eigenvalue weighted by atomic mass is 10.2. The van der Waals surface area contributed by atoms with Gasteiger partial charge in [0.25, 0.3) is 5.91 Å². The van der Waals surface area contributed by atoms with E-state index in [1.54, 1.807) is 0 Å². The second kappa shape index (κ2) is 7.68. The van der Waals surface area contributed by atoms with Crippen LogP contribution in [0, 0.1) is 11.6 Å². The summed E-state index contributed by atoms with van der Waals surface area (Å²) >= 11 is 0. The summed E-state index contributed by atoms with van der Waals surface area (Å²) in [6.45, 7) is -0.229. The Labute approximate surface area is 163 Å². The third kappa shape index (κ3) is 3.87. The molecule has 3 atom stereocenters. The average molecular weight is 404 g/mol. The molecule has 1 aliphatic carbocycles. The van der Waals surface area contributed by atoms with Crippen molar-refractivity contribution in [3.63, 3.8) is 0 Å². The molecule has 0 unspecified atom stereocenters. The van der Waals surface area contributed by atoms with Crippen LogP contribution in [0.5, 0.6) is 0 Å². The van der Waals surface area contributed by atoms with Gasteiger partial charge in [0, 0.05) is 18.5 Å². The molecule has 29 heavy (non-hydrogen) atoms. The Balaban J connectivity index is 1.57. The number of H-pyrrole nitrogens is 1. The quantitative estimate of drug-likeness (QED) is 0.425. The normalized spacial score (nSPS) is 21.4. The molecule has 0 aliphatic heterocycles. The number of nitrogens with zero attached hydrogens (tertiary/aromatic N) is 3. The summed E-state index contributed by atoms with van der Waals surface area (Å²) in [4.78, 5) is 20.8. The summed E-state index contributed by atoms with van der Waals surface area (Å²) in [6, 6.07) is 2.53. The zero-order valence-corrected chi connectivity index (χ0v) is 15.1. The van der Waals surface area contributed by atoms with E-state index in [1.807, 2.05) is 0 Å². The Kier molecular flexibility index (Phi) is 5.07. The summed E-state index contributed by atoms with van der Waals surface area (Å²) < 4.78 is 27.1. The number of aromatic amines is 1. The van der Waals surface area contributed by atoms with Crippen LogP contribution < -0.4 is 10.6 Å². The molecule has 152 valence electrons. The summed E-state index contributed by atoms with van der Waals surface area (Å²) in [5.74, 6) is -1.59. The number of fused-ring (bicyclic) bond motifs is 1. The molecule has 0 spiro atoms. The molecule has 9 nitrogen and oxygen atoms in total. The number of carbonyl (C=O) groups is 1. The van der Waals surface area contributed by atoms with Crippen LogP contribution in [-0.4, -0.2) is 54.5 Å². The Morgan fingerprint density at radius 2 is 2.07 bits per heavy atom. The van der Waals surface area contributed by atoms with Gasteiger partial charge in [-0.15, -0.1) is 0 Å². The summed E-state index contributed by atoms with van der Waals surface area (Å²) in [5, 5.41) is 32.1. The number of rotatable bonds is 5. The first-order valence-corrected chi connectivity index (χ1v) is 8.96. The van der Waals surface area contributed by atoms with Crippen molar-refractivity contribution < 1.29 is 23.8 Å². The lowest BCUT2D eigenvalue weighted by Gasteiger charge is -2.17. The van der Waals surface area contributed by atoms with Crippen molar-refractivity contribution in [3.8, 4) is 0 Å². The first kappa shape index (κ1) is 19.2. The van der Waals surface area contributed by atoms with Crippen LogP contribution >= 0.6 is 0 Å². The van der Waals surface area contributed by atoms with E-state index in [0.29, 0.717) is 11.8 Å². The molecule has 1 saturated carbocycles. The molecule has 1 amide bonds. The van der Waals surface area contributed by atoms with Gasteiger partial charge in [0.2, 0.25) is 0 Å². The summed E-state index contributed by atoms with van der Waals surface area (Å²) in [7, 11) is 0. The van der Waals surface area contributed by atoms with Gasteiger partial charge in [-0.05, 0) is 24.6 Å². The number of benzene rings is 1. The van der Waals surface area contributed by atoms with E-state index in [9.17, 15) is 23.8 Å². The Morgan fingerprint density at radius 1 is 1.24 bits per heavy atom. The van der Waals surface area contributed by atoms with Gasteiger partial charge in [-0.25, -0.2) is 18.7 Å². The maximum Gasteiger partial charge on any atom is 0.270 e. The molecule has 5 N–H and O–H groups in total. The van der Waals surface area contributed by atoms with E-state index in [4.69, 9.17) is 0 Å². The standard InChI is InChI=1S/C18H18F2N6O3/c19-9-1-2-11(20)8(3-9)6-21-18(29)15-14-16(22-7-23-17(14)26-25-15)24-12-4-10(27)5-13(12)28/h1-3,7,10,12-13,27-28H,4-6H2,(H,21,29)(H2,22,23,24,25,26)/t10-,12-,13-/m1/s1. The van der Waals surface area contributed by atoms with Crippen LogP contribution in [0.3, 0.4) is 0 Å². The van der Waals surface area contributed by atoms with Crippen molar-refractivity contribution >= 4 is 22.8 Å². The highest BCUT2D eigenvalue weighted by molar-refractivity contribution is 6.07. The minimum absolute atomic E-state index is 0.000153. The molecule has 3 aromatic rings. The van der Waals surface area contributed by atoms with Crippen LogP contribution in [0.2, 0.25) is 0 Å².